The van der Waals surface area contributed by atoms with Crippen LogP contribution in [0.3, 0.4) is 0 Å². The van der Waals surface area contributed by atoms with Gasteiger partial charge in [-0.05, 0) is 50.1 Å². The number of hydrogen-bond donors (Lipinski definition) is 1. The van der Waals surface area contributed by atoms with Crippen LogP contribution in [-0.4, -0.2) is 30.1 Å². The van der Waals surface area contributed by atoms with E-state index in [4.69, 9.17) is 5.73 Å². The molecule has 3 rings (SSSR count). The van der Waals surface area contributed by atoms with Gasteiger partial charge in [0.05, 0.1) is 0 Å². The summed E-state index contributed by atoms with van der Waals surface area (Å²) in [4.78, 5) is 2.76. The van der Waals surface area contributed by atoms with Crippen molar-refractivity contribution < 1.29 is 0 Å². The van der Waals surface area contributed by atoms with E-state index in [1.807, 2.05) is 0 Å². The Morgan fingerprint density at radius 1 is 1.05 bits per heavy atom. The Morgan fingerprint density at radius 2 is 1.80 bits per heavy atom. The van der Waals surface area contributed by atoms with Crippen LogP contribution in [0.5, 0.6) is 0 Å². The Bertz CT molecular complexity index is 401. The molecular weight excluding hydrogens is 244 g/mol. The van der Waals surface area contributed by atoms with Gasteiger partial charge in [0.25, 0.3) is 0 Å². The lowest BCUT2D eigenvalue weighted by molar-refractivity contribution is 0.0284. The Balaban J connectivity index is 1.70. The maximum absolute atomic E-state index is 6.13. The van der Waals surface area contributed by atoms with Crippen molar-refractivity contribution in [3.05, 3.63) is 35.9 Å². The van der Waals surface area contributed by atoms with Gasteiger partial charge in [0.2, 0.25) is 0 Å². The number of piperidine rings is 1. The van der Waals surface area contributed by atoms with Crippen LogP contribution in [-0.2, 0) is 6.42 Å². The summed E-state index contributed by atoms with van der Waals surface area (Å²) in [6.45, 7) is 2.05. The molecule has 0 amide bonds. The van der Waals surface area contributed by atoms with Gasteiger partial charge in [-0.1, -0.05) is 43.2 Å². The maximum Gasteiger partial charge on any atom is 0.0261 e. The molecule has 0 radical (unpaired) electrons. The van der Waals surface area contributed by atoms with Gasteiger partial charge in [0, 0.05) is 18.6 Å². The van der Waals surface area contributed by atoms with Crippen molar-refractivity contribution in [2.75, 3.05) is 13.1 Å². The number of benzene rings is 1. The van der Waals surface area contributed by atoms with Gasteiger partial charge in [0.1, 0.15) is 0 Å². The molecule has 3 unspecified atom stereocenters. The Hall–Kier alpha value is -0.860. The molecule has 1 aliphatic heterocycles. The van der Waals surface area contributed by atoms with Gasteiger partial charge < -0.3 is 5.73 Å². The van der Waals surface area contributed by atoms with Crippen LogP contribution in [0.2, 0.25) is 0 Å². The van der Waals surface area contributed by atoms with Gasteiger partial charge in [-0.25, -0.2) is 0 Å². The number of fused-ring (bicyclic) bond motifs is 1. The zero-order valence-electron chi connectivity index (χ0n) is 12.5. The molecule has 3 atom stereocenters. The van der Waals surface area contributed by atoms with E-state index < -0.39 is 0 Å². The van der Waals surface area contributed by atoms with Gasteiger partial charge >= 0.3 is 0 Å². The highest BCUT2D eigenvalue weighted by Crippen LogP contribution is 2.36. The van der Waals surface area contributed by atoms with E-state index in [0.717, 1.165) is 24.9 Å². The van der Waals surface area contributed by atoms with Gasteiger partial charge in [-0.3, -0.25) is 4.90 Å². The first-order chi connectivity index (χ1) is 9.88. The fraction of sp³-hybridized carbons (Fsp3) is 0.667. The van der Waals surface area contributed by atoms with Gasteiger partial charge in [-0.15, -0.1) is 0 Å². The summed E-state index contributed by atoms with van der Waals surface area (Å²) < 4.78 is 0. The predicted molar refractivity (Wildman–Crippen MR) is 84.7 cm³/mol. The summed E-state index contributed by atoms with van der Waals surface area (Å²) in [5.74, 6) is 0.947. The minimum atomic E-state index is 0.531. The third kappa shape index (κ3) is 3.07. The molecule has 1 aromatic rings. The number of hydrogen-bond acceptors (Lipinski definition) is 2. The first-order valence-corrected chi connectivity index (χ1v) is 8.38. The first kappa shape index (κ1) is 14.1. The maximum atomic E-state index is 6.13. The molecule has 2 nitrogen and oxygen atoms in total. The third-order valence-corrected chi connectivity index (χ3v) is 5.34. The predicted octanol–water partition coefficient (Wildman–Crippen LogP) is 3.21. The monoisotopic (exact) mass is 272 g/mol. The first-order valence-electron chi connectivity index (χ1n) is 8.38. The summed E-state index contributed by atoms with van der Waals surface area (Å²) in [6, 6.07) is 12.2. The number of nitrogens with two attached hydrogens (primary N) is 1. The molecule has 1 saturated heterocycles. The molecule has 1 aromatic carbocycles. The number of rotatable bonds is 4. The van der Waals surface area contributed by atoms with Gasteiger partial charge in [0.15, 0.2) is 0 Å². The van der Waals surface area contributed by atoms with Crippen molar-refractivity contribution in [1.29, 1.82) is 0 Å². The van der Waals surface area contributed by atoms with E-state index in [1.165, 1.54) is 50.6 Å². The average molecular weight is 272 g/mol. The summed E-state index contributed by atoms with van der Waals surface area (Å²) in [6.07, 6.45) is 9.64. The summed E-state index contributed by atoms with van der Waals surface area (Å²) in [5, 5.41) is 0. The number of likely N-dealkylation sites (tertiary alicyclic amines) is 1. The highest BCUT2D eigenvalue weighted by atomic mass is 15.2. The lowest BCUT2D eigenvalue weighted by Gasteiger charge is -2.47. The SMILES string of the molecule is NCC(Cc1ccccc1)N1CCCC2CCCCC21. The van der Waals surface area contributed by atoms with Crippen LogP contribution in [0.25, 0.3) is 0 Å². The second kappa shape index (κ2) is 6.73. The highest BCUT2D eigenvalue weighted by Gasteiger charge is 2.36. The fourth-order valence-corrected chi connectivity index (χ4v) is 4.34. The molecule has 2 heteroatoms. The summed E-state index contributed by atoms with van der Waals surface area (Å²) in [7, 11) is 0. The Labute approximate surface area is 123 Å². The van der Waals surface area contributed by atoms with Crippen LogP contribution in [0.15, 0.2) is 30.3 Å². The number of nitrogens with zero attached hydrogens (tertiary/aromatic N) is 1. The lowest BCUT2D eigenvalue weighted by atomic mass is 9.77. The highest BCUT2D eigenvalue weighted by molar-refractivity contribution is 5.16. The Kier molecular flexibility index (Phi) is 4.74. The molecule has 1 saturated carbocycles. The van der Waals surface area contributed by atoms with Crippen LogP contribution in [0.4, 0.5) is 0 Å². The van der Waals surface area contributed by atoms with E-state index in [9.17, 15) is 0 Å². The van der Waals surface area contributed by atoms with Crippen molar-refractivity contribution in [3.8, 4) is 0 Å². The van der Waals surface area contributed by atoms with Crippen LogP contribution in [0, 0.1) is 5.92 Å². The van der Waals surface area contributed by atoms with Crippen LogP contribution in [0.1, 0.15) is 44.1 Å². The molecule has 1 heterocycles. The van der Waals surface area contributed by atoms with E-state index in [-0.39, 0.29) is 0 Å². The quantitative estimate of drug-likeness (QED) is 0.912. The smallest absolute Gasteiger partial charge is 0.0261 e. The van der Waals surface area contributed by atoms with E-state index >= 15 is 0 Å². The van der Waals surface area contributed by atoms with Crippen molar-refractivity contribution in [2.45, 2.75) is 57.0 Å². The zero-order chi connectivity index (χ0) is 13.8. The largest absolute Gasteiger partial charge is 0.329 e. The fourth-order valence-electron chi connectivity index (χ4n) is 4.34. The van der Waals surface area contributed by atoms with Gasteiger partial charge in [-0.2, -0.15) is 0 Å². The van der Waals surface area contributed by atoms with Crippen LogP contribution >= 0.6 is 0 Å². The minimum absolute atomic E-state index is 0.531. The standard InChI is InChI=1S/C18H28N2/c19-14-17(13-15-7-2-1-3-8-15)20-12-6-10-16-9-4-5-11-18(16)20/h1-3,7-8,16-18H,4-6,9-14,19H2. The molecule has 110 valence electrons. The molecule has 2 aliphatic rings. The molecule has 0 bridgehead atoms. The molecule has 0 aromatic heterocycles. The van der Waals surface area contributed by atoms with E-state index in [2.05, 4.69) is 35.2 Å². The molecule has 20 heavy (non-hydrogen) atoms. The van der Waals surface area contributed by atoms with Crippen molar-refractivity contribution >= 4 is 0 Å². The molecule has 2 N–H and O–H groups in total. The minimum Gasteiger partial charge on any atom is -0.329 e. The Morgan fingerprint density at radius 3 is 2.60 bits per heavy atom. The molecule has 0 spiro atoms. The van der Waals surface area contributed by atoms with Crippen molar-refractivity contribution in [3.63, 3.8) is 0 Å². The summed E-state index contributed by atoms with van der Waals surface area (Å²) in [5.41, 5.74) is 7.56. The second-order valence-corrected chi connectivity index (χ2v) is 6.57. The second-order valence-electron chi connectivity index (χ2n) is 6.57. The average Bonchev–Trinajstić information content (AvgIpc) is 2.53. The van der Waals surface area contributed by atoms with E-state index in [1.54, 1.807) is 0 Å². The lowest BCUT2D eigenvalue weighted by Crippen LogP contribution is -2.54. The van der Waals surface area contributed by atoms with Crippen LogP contribution < -0.4 is 5.73 Å². The zero-order valence-corrected chi connectivity index (χ0v) is 12.5. The summed E-state index contributed by atoms with van der Waals surface area (Å²) >= 11 is 0. The third-order valence-electron chi connectivity index (χ3n) is 5.34. The molecular formula is C18H28N2. The van der Waals surface area contributed by atoms with E-state index in [0.29, 0.717) is 6.04 Å². The normalized spacial score (nSPS) is 28.9. The molecule has 1 aliphatic carbocycles. The topological polar surface area (TPSA) is 29.3 Å². The molecule has 2 fully saturated rings. The van der Waals surface area contributed by atoms with Crippen molar-refractivity contribution in [2.24, 2.45) is 11.7 Å². The van der Waals surface area contributed by atoms with Crippen molar-refractivity contribution in [1.82, 2.24) is 4.90 Å².